The van der Waals surface area contributed by atoms with Gasteiger partial charge in [-0.2, -0.15) is 0 Å². The number of anilines is 1. The summed E-state index contributed by atoms with van der Waals surface area (Å²) in [6.07, 6.45) is 0. The van der Waals surface area contributed by atoms with Crippen LogP contribution in [0.15, 0.2) is 95.8 Å². The third-order valence-corrected chi connectivity index (χ3v) is 6.65. The number of halogens is 3. The van der Waals surface area contributed by atoms with Gasteiger partial charge >= 0.3 is 0 Å². The lowest BCUT2D eigenvalue weighted by molar-refractivity contribution is 0.0978. The molecule has 0 fully saturated rings. The Morgan fingerprint density at radius 2 is 1.24 bits per heavy atom. The minimum absolute atomic E-state index is 0.208. The third kappa shape index (κ3) is 3.84. The number of hydrogen-bond donors (Lipinski definition) is 0. The van der Waals surface area contributed by atoms with Crippen molar-refractivity contribution in [2.24, 2.45) is 0 Å². The minimum Gasteiger partial charge on any atom is -0.284 e. The Morgan fingerprint density at radius 1 is 0.667 bits per heavy atom. The van der Waals surface area contributed by atoms with Crippen LogP contribution in [0.1, 0.15) is 33.6 Å². The number of benzene rings is 3. The Kier molecular flexibility index (Phi) is 5.75. The number of carbonyl (C=O) groups excluding carboxylic acids is 1. The SMILES string of the molecule is O=C(c1ccccc1Cl)N1c2cccc(=O)n2[C@H](c2ccc(Cl)cc2)[C@@H]1c1ccc(Cl)cc1. The maximum absolute atomic E-state index is 13.9. The highest BCUT2D eigenvalue weighted by Crippen LogP contribution is 2.47. The topological polar surface area (TPSA) is 42.3 Å². The van der Waals surface area contributed by atoms with Gasteiger partial charge in [0.25, 0.3) is 11.5 Å². The van der Waals surface area contributed by atoms with Crippen molar-refractivity contribution in [2.45, 2.75) is 12.1 Å². The maximum atomic E-state index is 13.9. The van der Waals surface area contributed by atoms with Crippen molar-refractivity contribution in [3.8, 4) is 0 Å². The van der Waals surface area contributed by atoms with E-state index in [0.717, 1.165) is 11.1 Å². The number of fused-ring (bicyclic) bond motifs is 1. The number of rotatable bonds is 3. The summed E-state index contributed by atoms with van der Waals surface area (Å²) < 4.78 is 1.65. The molecular weight excluding hydrogens is 479 g/mol. The molecule has 164 valence electrons. The largest absolute Gasteiger partial charge is 0.284 e. The van der Waals surface area contributed by atoms with Crippen molar-refractivity contribution >= 4 is 46.5 Å². The molecule has 33 heavy (non-hydrogen) atoms. The van der Waals surface area contributed by atoms with Crippen LogP contribution < -0.4 is 10.5 Å². The molecule has 0 spiro atoms. The molecule has 1 aromatic heterocycles. The molecule has 0 saturated carbocycles. The van der Waals surface area contributed by atoms with Crippen molar-refractivity contribution in [1.82, 2.24) is 4.57 Å². The quantitative estimate of drug-likeness (QED) is 0.314. The van der Waals surface area contributed by atoms with E-state index >= 15 is 0 Å². The van der Waals surface area contributed by atoms with E-state index in [1.165, 1.54) is 6.07 Å². The van der Waals surface area contributed by atoms with Gasteiger partial charge < -0.3 is 0 Å². The fourth-order valence-corrected chi connectivity index (χ4v) is 4.84. The van der Waals surface area contributed by atoms with Crippen LogP contribution in [-0.2, 0) is 0 Å². The Balaban J connectivity index is 1.78. The Hall–Kier alpha value is -3.05. The van der Waals surface area contributed by atoms with E-state index in [2.05, 4.69) is 0 Å². The summed E-state index contributed by atoms with van der Waals surface area (Å²) in [5, 5.41) is 1.51. The molecule has 4 aromatic rings. The molecule has 0 N–H and O–H groups in total. The van der Waals surface area contributed by atoms with Crippen LogP contribution in [0.2, 0.25) is 15.1 Å². The Morgan fingerprint density at radius 3 is 1.85 bits per heavy atom. The van der Waals surface area contributed by atoms with Crippen LogP contribution in [0.25, 0.3) is 0 Å². The van der Waals surface area contributed by atoms with E-state index in [9.17, 15) is 9.59 Å². The number of pyridine rings is 1. The Labute approximate surface area is 205 Å². The summed E-state index contributed by atoms with van der Waals surface area (Å²) in [6, 6.07) is 25.5. The van der Waals surface area contributed by atoms with Crippen molar-refractivity contribution in [3.05, 3.63) is 133 Å². The average Bonchev–Trinajstić information content (AvgIpc) is 3.16. The molecule has 0 bridgehead atoms. The van der Waals surface area contributed by atoms with Gasteiger partial charge in [-0.15, -0.1) is 0 Å². The smallest absolute Gasteiger partial charge is 0.261 e. The van der Waals surface area contributed by atoms with Gasteiger partial charge in [0.15, 0.2) is 0 Å². The van der Waals surface area contributed by atoms with Crippen LogP contribution >= 0.6 is 34.8 Å². The second-order valence-corrected chi connectivity index (χ2v) is 9.02. The molecule has 2 heterocycles. The van der Waals surface area contributed by atoms with Crippen LogP contribution in [0.5, 0.6) is 0 Å². The molecule has 7 heteroatoms. The van der Waals surface area contributed by atoms with Crippen molar-refractivity contribution in [2.75, 3.05) is 4.90 Å². The highest BCUT2D eigenvalue weighted by molar-refractivity contribution is 6.34. The monoisotopic (exact) mass is 494 g/mol. The lowest BCUT2D eigenvalue weighted by atomic mass is 9.93. The van der Waals surface area contributed by atoms with Gasteiger partial charge in [-0.05, 0) is 53.6 Å². The molecule has 1 aliphatic heterocycles. The van der Waals surface area contributed by atoms with E-state index in [-0.39, 0.29) is 11.5 Å². The molecule has 3 aromatic carbocycles. The van der Waals surface area contributed by atoms with Gasteiger partial charge in [-0.3, -0.25) is 19.1 Å². The van der Waals surface area contributed by atoms with Gasteiger partial charge in [0.05, 0.1) is 22.7 Å². The van der Waals surface area contributed by atoms with Crippen LogP contribution in [0, 0.1) is 0 Å². The molecule has 1 aliphatic rings. The molecule has 0 aliphatic carbocycles. The van der Waals surface area contributed by atoms with Crippen molar-refractivity contribution in [1.29, 1.82) is 0 Å². The predicted octanol–water partition coefficient (Wildman–Crippen LogP) is 6.80. The number of carbonyl (C=O) groups is 1. The van der Waals surface area contributed by atoms with E-state index in [1.807, 2.05) is 24.3 Å². The zero-order chi connectivity index (χ0) is 23.1. The van der Waals surface area contributed by atoms with Crippen LogP contribution in [0.3, 0.4) is 0 Å². The van der Waals surface area contributed by atoms with Gasteiger partial charge in [-0.1, -0.05) is 77.3 Å². The molecule has 0 saturated heterocycles. The average molecular weight is 496 g/mol. The first-order chi connectivity index (χ1) is 16.0. The summed E-state index contributed by atoms with van der Waals surface area (Å²) in [4.78, 5) is 28.7. The summed E-state index contributed by atoms with van der Waals surface area (Å²) in [5.41, 5.74) is 1.84. The molecule has 0 unspecified atom stereocenters. The maximum Gasteiger partial charge on any atom is 0.261 e. The summed E-state index contributed by atoms with van der Waals surface area (Å²) in [6.45, 7) is 0. The molecule has 1 amide bonds. The highest BCUT2D eigenvalue weighted by Gasteiger charge is 2.44. The fourth-order valence-electron chi connectivity index (χ4n) is 4.37. The zero-order valence-corrected chi connectivity index (χ0v) is 19.4. The first-order valence-electron chi connectivity index (χ1n) is 10.3. The lowest BCUT2D eigenvalue weighted by Crippen LogP contribution is -2.33. The zero-order valence-electron chi connectivity index (χ0n) is 17.2. The van der Waals surface area contributed by atoms with Gasteiger partial charge in [0.2, 0.25) is 0 Å². The molecule has 4 nitrogen and oxygen atoms in total. The van der Waals surface area contributed by atoms with E-state index in [1.54, 1.807) is 70.1 Å². The van der Waals surface area contributed by atoms with Crippen LogP contribution in [-0.4, -0.2) is 10.5 Å². The fraction of sp³-hybridized carbons (Fsp3) is 0.0769. The summed E-state index contributed by atoms with van der Waals surface area (Å²) >= 11 is 18.7. The predicted molar refractivity (Wildman–Crippen MR) is 133 cm³/mol. The normalized spacial score (nSPS) is 17.1. The Bertz CT molecular complexity index is 1400. The van der Waals surface area contributed by atoms with Crippen molar-refractivity contribution in [3.63, 3.8) is 0 Å². The number of aromatic nitrogens is 1. The first kappa shape index (κ1) is 21.8. The van der Waals surface area contributed by atoms with Gasteiger partial charge in [0.1, 0.15) is 5.82 Å². The lowest BCUT2D eigenvalue weighted by Gasteiger charge is -2.28. The number of amides is 1. The summed E-state index contributed by atoms with van der Waals surface area (Å²) in [5.74, 6) is 0.198. The van der Waals surface area contributed by atoms with E-state index in [0.29, 0.717) is 26.4 Å². The first-order valence-corrected chi connectivity index (χ1v) is 11.4. The van der Waals surface area contributed by atoms with Crippen molar-refractivity contribution < 1.29 is 4.79 Å². The third-order valence-electron chi connectivity index (χ3n) is 5.82. The molecular formula is C26H17Cl3N2O2. The molecule has 5 rings (SSSR count). The second-order valence-electron chi connectivity index (χ2n) is 7.74. The highest BCUT2D eigenvalue weighted by atomic mass is 35.5. The second kappa shape index (κ2) is 8.71. The van der Waals surface area contributed by atoms with E-state index < -0.39 is 12.1 Å². The molecule has 2 atom stereocenters. The standard InChI is InChI=1S/C26H17Cl3N2O2/c27-18-12-8-16(9-13-18)24-25(17-10-14-19(28)15-11-17)31(22-6-3-7-23(32)30(22)24)26(33)20-4-1-2-5-21(20)29/h1-15,24-25H/t24-,25+/m1/s1. The van der Waals surface area contributed by atoms with E-state index in [4.69, 9.17) is 34.8 Å². The number of hydrogen-bond acceptors (Lipinski definition) is 2. The van der Waals surface area contributed by atoms with Gasteiger partial charge in [0, 0.05) is 16.1 Å². The molecule has 0 radical (unpaired) electrons. The van der Waals surface area contributed by atoms with Gasteiger partial charge in [-0.25, -0.2) is 0 Å². The van der Waals surface area contributed by atoms with Crippen LogP contribution in [0.4, 0.5) is 5.82 Å². The minimum atomic E-state index is -0.512. The summed E-state index contributed by atoms with van der Waals surface area (Å²) in [7, 11) is 0. The number of nitrogens with zero attached hydrogens (tertiary/aromatic N) is 2.